The van der Waals surface area contributed by atoms with Crippen molar-refractivity contribution in [3.05, 3.63) is 47.4 Å². The Balaban J connectivity index is 1.77. The number of likely N-dealkylation sites (tertiary alicyclic amines) is 1. The molecular weight excluding hydrogens is 273 g/mol. The zero-order valence-corrected chi connectivity index (χ0v) is 11.9. The molecule has 0 spiro atoms. The SMILES string of the molecule is CCc1nc(CN2C[C@H](O)C[C@@H]2c2ccc(F)cc2)no1. The van der Waals surface area contributed by atoms with Crippen LogP contribution in [0.1, 0.15) is 36.7 Å². The van der Waals surface area contributed by atoms with E-state index < -0.39 is 6.10 Å². The van der Waals surface area contributed by atoms with Crippen LogP contribution in [0.3, 0.4) is 0 Å². The number of rotatable bonds is 4. The molecule has 0 bridgehead atoms. The van der Waals surface area contributed by atoms with E-state index in [1.807, 2.05) is 6.92 Å². The van der Waals surface area contributed by atoms with Crippen molar-refractivity contribution < 1.29 is 14.0 Å². The first-order valence-corrected chi connectivity index (χ1v) is 7.14. The molecular formula is C15H18FN3O2. The molecule has 6 heteroatoms. The molecule has 2 atom stereocenters. The van der Waals surface area contributed by atoms with Crippen molar-refractivity contribution in [1.29, 1.82) is 0 Å². The maximum absolute atomic E-state index is 13.0. The second-order valence-electron chi connectivity index (χ2n) is 5.34. The minimum Gasteiger partial charge on any atom is -0.392 e. The highest BCUT2D eigenvalue weighted by atomic mass is 19.1. The highest BCUT2D eigenvalue weighted by molar-refractivity contribution is 5.21. The Kier molecular flexibility index (Phi) is 3.98. The summed E-state index contributed by atoms with van der Waals surface area (Å²) < 4.78 is 18.1. The molecule has 1 aromatic heterocycles. The molecule has 1 fully saturated rings. The van der Waals surface area contributed by atoms with Crippen LogP contribution in [0, 0.1) is 5.82 Å². The first kappa shape index (κ1) is 14.2. The Morgan fingerprint density at radius 3 is 2.81 bits per heavy atom. The zero-order chi connectivity index (χ0) is 14.8. The standard InChI is InChI=1S/C15H18FN3O2/c1-2-15-17-14(18-21-15)9-19-8-12(20)7-13(19)10-3-5-11(16)6-4-10/h3-6,12-13,20H,2,7-9H2,1H3/t12-,13-/m1/s1. The van der Waals surface area contributed by atoms with E-state index in [0.29, 0.717) is 37.6 Å². The summed E-state index contributed by atoms with van der Waals surface area (Å²) in [7, 11) is 0. The van der Waals surface area contributed by atoms with E-state index in [1.165, 1.54) is 12.1 Å². The van der Waals surface area contributed by atoms with E-state index in [1.54, 1.807) is 12.1 Å². The monoisotopic (exact) mass is 291 g/mol. The van der Waals surface area contributed by atoms with Crippen LogP contribution in [-0.4, -0.2) is 32.8 Å². The van der Waals surface area contributed by atoms with Gasteiger partial charge in [0, 0.05) is 19.0 Å². The van der Waals surface area contributed by atoms with Crippen molar-refractivity contribution in [2.24, 2.45) is 0 Å². The number of nitrogens with zero attached hydrogens (tertiary/aromatic N) is 3. The summed E-state index contributed by atoms with van der Waals surface area (Å²) in [4.78, 5) is 6.40. The Bertz CT molecular complexity index is 599. The Morgan fingerprint density at radius 1 is 1.38 bits per heavy atom. The number of aromatic nitrogens is 2. The molecule has 21 heavy (non-hydrogen) atoms. The van der Waals surface area contributed by atoms with E-state index in [2.05, 4.69) is 15.0 Å². The van der Waals surface area contributed by atoms with Crippen LogP contribution in [0.2, 0.25) is 0 Å². The lowest BCUT2D eigenvalue weighted by molar-refractivity contribution is 0.170. The van der Waals surface area contributed by atoms with Gasteiger partial charge in [0.15, 0.2) is 5.82 Å². The number of hydrogen-bond acceptors (Lipinski definition) is 5. The normalized spacial score (nSPS) is 22.8. The molecule has 112 valence electrons. The summed E-state index contributed by atoms with van der Waals surface area (Å²) in [5.41, 5.74) is 0.993. The predicted octanol–water partition coefficient (Wildman–Crippen LogP) is 2.08. The van der Waals surface area contributed by atoms with Crippen molar-refractivity contribution in [2.75, 3.05) is 6.54 Å². The van der Waals surface area contributed by atoms with Crippen LogP contribution in [0.5, 0.6) is 0 Å². The summed E-state index contributed by atoms with van der Waals surface area (Å²) in [6.07, 6.45) is 0.943. The van der Waals surface area contributed by atoms with Crippen molar-refractivity contribution in [1.82, 2.24) is 15.0 Å². The van der Waals surface area contributed by atoms with Crippen LogP contribution < -0.4 is 0 Å². The third kappa shape index (κ3) is 3.11. The van der Waals surface area contributed by atoms with Crippen LogP contribution in [0.25, 0.3) is 0 Å². The summed E-state index contributed by atoms with van der Waals surface area (Å²) in [6, 6.07) is 6.46. The average molecular weight is 291 g/mol. The average Bonchev–Trinajstić information content (AvgIpc) is 3.07. The smallest absolute Gasteiger partial charge is 0.226 e. The van der Waals surface area contributed by atoms with Gasteiger partial charge in [0.25, 0.3) is 0 Å². The van der Waals surface area contributed by atoms with Crippen LogP contribution in [0.15, 0.2) is 28.8 Å². The Hall–Kier alpha value is -1.79. The van der Waals surface area contributed by atoms with Gasteiger partial charge in [-0.15, -0.1) is 0 Å². The van der Waals surface area contributed by atoms with Crippen molar-refractivity contribution in [3.8, 4) is 0 Å². The van der Waals surface area contributed by atoms with Crippen LogP contribution in [-0.2, 0) is 13.0 Å². The summed E-state index contributed by atoms with van der Waals surface area (Å²) >= 11 is 0. The number of β-amino-alcohol motifs (C(OH)–C–C–N with tert-alkyl or cyclic N) is 1. The van der Waals surface area contributed by atoms with Gasteiger partial charge >= 0.3 is 0 Å². The van der Waals surface area contributed by atoms with E-state index in [-0.39, 0.29) is 11.9 Å². The van der Waals surface area contributed by atoms with Crippen LogP contribution in [0.4, 0.5) is 4.39 Å². The maximum Gasteiger partial charge on any atom is 0.226 e. The molecule has 0 saturated carbocycles. The van der Waals surface area contributed by atoms with Crippen molar-refractivity contribution >= 4 is 0 Å². The second kappa shape index (κ2) is 5.91. The molecule has 0 unspecified atom stereocenters. The van der Waals surface area contributed by atoms with E-state index in [9.17, 15) is 9.50 Å². The Morgan fingerprint density at radius 2 is 2.14 bits per heavy atom. The molecule has 2 aromatic rings. The molecule has 0 amide bonds. The minimum absolute atomic E-state index is 0.0455. The molecule has 1 N–H and O–H groups in total. The van der Waals surface area contributed by atoms with E-state index in [0.717, 1.165) is 5.56 Å². The zero-order valence-electron chi connectivity index (χ0n) is 11.9. The van der Waals surface area contributed by atoms with Gasteiger partial charge in [0.05, 0.1) is 12.6 Å². The van der Waals surface area contributed by atoms with Gasteiger partial charge in [0.1, 0.15) is 5.82 Å². The molecule has 1 saturated heterocycles. The summed E-state index contributed by atoms with van der Waals surface area (Å²) in [6.45, 7) is 3.03. The fraction of sp³-hybridized carbons (Fsp3) is 0.467. The third-order valence-electron chi connectivity index (χ3n) is 3.79. The van der Waals surface area contributed by atoms with E-state index >= 15 is 0 Å². The van der Waals surface area contributed by atoms with Gasteiger partial charge in [-0.05, 0) is 24.1 Å². The lowest BCUT2D eigenvalue weighted by Crippen LogP contribution is -2.25. The second-order valence-corrected chi connectivity index (χ2v) is 5.34. The first-order valence-electron chi connectivity index (χ1n) is 7.14. The third-order valence-corrected chi connectivity index (χ3v) is 3.79. The molecule has 1 aliphatic heterocycles. The number of benzene rings is 1. The highest BCUT2D eigenvalue weighted by Crippen LogP contribution is 2.33. The number of hydrogen-bond donors (Lipinski definition) is 1. The number of halogens is 1. The minimum atomic E-state index is -0.391. The molecule has 0 radical (unpaired) electrons. The van der Waals surface area contributed by atoms with Gasteiger partial charge in [-0.1, -0.05) is 24.2 Å². The van der Waals surface area contributed by atoms with Crippen molar-refractivity contribution in [2.45, 2.75) is 38.5 Å². The number of aliphatic hydroxyl groups is 1. The lowest BCUT2D eigenvalue weighted by atomic mass is 10.0. The molecule has 0 aliphatic carbocycles. The predicted molar refractivity (Wildman–Crippen MR) is 73.9 cm³/mol. The molecule has 5 nitrogen and oxygen atoms in total. The van der Waals surface area contributed by atoms with Gasteiger partial charge in [0.2, 0.25) is 5.89 Å². The summed E-state index contributed by atoms with van der Waals surface area (Å²) in [5, 5.41) is 13.9. The highest BCUT2D eigenvalue weighted by Gasteiger charge is 2.32. The lowest BCUT2D eigenvalue weighted by Gasteiger charge is -2.22. The van der Waals surface area contributed by atoms with Gasteiger partial charge in [-0.3, -0.25) is 4.90 Å². The van der Waals surface area contributed by atoms with Gasteiger partial charge < -0.3 is 9.63 Å². The van der Waals surface area contributed by atoms with Gasteiger partial charge in [-0.25, -0.2) is 4.39 Å². The maximum atomic E-state index is 13.0. The molecule has 2 heterocycles. The summed E-state index contributed by atoms with van der Waals surface area (Å²) in [5.74, 6) is 0.978. The molecule has 3 rings (SSSR count). The molecule has 1 aromatic carbocycles. The number of aryl methyl sites for hydroxylation is 1. The molecule has 1 aliphatic rings. The Labute approximate surface area is 122 Å². The number of aliphatic hydroxyl groups excluding tert-OH is 1. The van der Waals surface area contributed by atoms with Gasteiger partial charge in [-0.2, -0.15) is 4.98 Å². The fourth-order valence-corrected chi connectivity index (χ4v) is 2.77. The fourth-order valence-electron chi connectivity index (χ4n) is 2.77. The largest absolute Gasteiger partial charge is 0.392 e. The topological polar surface area (TPSA) is 62.4 Å². The van der Waals surface area contributed by atoms with Crippen molar-refractivity contribution in [3.63, 3.8) is 0 Å². The first-order chi connectivity index (χ1) is 10.2. The van der Waals surface area contributed by atoms with E-state index in [4.69, 9.17) is 4.52 Å². The van der Waals surface area contributed by atoms with Crippen LogP contribution >= 0.6 is 0 Å². The quantitative estimate of drug-likeness (QED) is 0.934.